The van der Waals surface area contributed by atoms with Crippen molar-refractivity contribution in [2.75, 3.05) is 0 Å². The van der Waals surface area contributed by atoms with E-state index in [0.717, 1.165) is 6.42 Å². The fourth-order valence-corrected chi connectivity index (χ4v) is 1.77. The molecule has 1 heteroatoms. The normalized spacial score (nSPS) is 21.0. The van der Waals surface area contributed by atoms with E-state index in [9.17, 15) is 5.11 Å². The van der Waals surface area contributed by atoms with E-state index >= 15 is 0 Å². The van der Waals surface area contributed by atoms with Crippen molar-refractivity contribution >= 4 is 0 Å². The zero-order chi connectivity index (χ0) is 10.2. The van der Waals surface area contributed by atoms with Crippen molar-refractivity contribution in [3.05, 3.63) is 23.8 Å². The average Bonchev–Trinajstić information content (AvgIpc) is 2.21. The molecule has 0 aromatic carbocycles. The Bertz CT molecular complexity index is 203. The van der Waals surface area contributed by atoms with Crippen LogP contribution < -0.4 is 0 Å². The van der Waals surface area contributed by atoms with Crippen molar-refractivity contribution in [1.29, 1.82) is 0 Å². The van der Waals surface area contributed by atoms with Gasteiger partial charge in [-0.25, -0.2) is 0 Å². The predicted molar refractivity (Wildman–Crippen MR) is 61.2 cm³/mol. The summed E-state index contributed by atoms with van der Waals surface area (Å²) < 4.78 is 0. The molecule has 1 nitrogen and oxygen atoms in total. The molecular weight excluding hydrogens is 172 g/mol. The molecule has 1 aliphatic rings. The average molecular weight is 194 g/mol. The Morgan fingerprint density at radius 2 is 2.07 bits per heavy atom. The molecular formula is C13H22O. The van der Waals surface area contributed by atoms with Gasteiger partial charge in [-0.3, -0.25) is 0 Å². The molecule has 0 heterocycles. The molecule has 0 bridgehead atoms. The van der Waals surface area contributed by atoms with Crippen molar-refractivity contribution in [2.24, 2.45) is 0 Å². The Labute approximate surface area is 87.5 Å². The van der Waals surface area contributed by atoms with Gasteiger partial charge in [0.05, 0.1) is 6.10 Å². The predicted octanol–water partition coefficient (Wildman–Crippen LogP) is 3.59. The Balaban J connectivity index is 2.05. The van der Waals surface area contributed by atoms with Crippen LogP contribution in [0.5, 0.6) is 0 Å². The minimum Gasteiger partial charge on any atom is -0.389 e. The number of allylic oxidation sites excluding steroid dienone is 2. The van der Waals surface area contributed by atoms with E-state index in [4.69, 9.17) is 0 Å². The molecule has 0 aliphatic heterocycles. The molecule has 0 saturated carbocycles. The smallest absolute Gasteiger partial charge is 0.0758 e. The first-order valence-electron chi connectivity index (χ1n) is 5.88. The molecule has 0 fully saturated rings. The summed E-state index contributed by atoms with van der Waals surface area (Å²) in [6.07, 6.45) is 14.6. The van der Waals surface area contributed by atoms with E-state index in [1.165, 1.54) is 44.1 Å². The molecule has 80 valence electrons. The van der Waals surface area contributed by atoms with Gasteiger partial charge in [-0.1, -0.05) is 56.4 Å². The van der Waals surface area contributed by atoms with Gasteiger partial charge in [0.25, 0.3) is 0 Å². The van der Waals surface area contributed by atoms with Gasteiger partial charge >= 0.3 is 0 Å². The molecule has 1 rings (SSSR count). The van der Waals surface area contributed by atoms with Crippen LogP contribution in [0, 0.1) is 0 Å². The highest BCUT2D eigenvalue weighted by Gasteiger charge is 2.03. The van der Waals surface area contributed by atoms with Gasteiger partial charge in [0.1, 0.15) is 0 Å². The number of rotatable bonds is 6. The van der Waals surface area contributed by atoms with Crippen LogP contribution >= 0.6 is 0 Å². The maximum absolute atomic E-state index is 9.24. The highest BCUT2D eigenvalue weighted by Crippen LogP contribution is 2.17. The van der Waals surface area contributed by atoms with Crippen molar-refractivity contribution in [1.82, 2.24) is 0 Å². The SMILES string of the molecule is CCCCCCCC1=CCC(O)C=C1. The van der Waals surface area contributed by atoms with Crippen LogP contribution in [0.3, 0.4) is 0 Å². The van der Waals surface area contributed by atoms with Gasteiger partial charge < -0.3 is 5.11 Å². The highest BCUT2D eigenvalue weighted by molar-refractivity contribution is 5.23. The molecule has 0 aromatic rings. The van der Waals surface area contributed by atoms with Crippen molar-refractivity contribution in [3.8, 4) is 0 Å². The third-order valence-corrected chi connectivity index (χ3v) is 2.72. The summed E-state index contributed by atoms with van der Waals surface area (Å²) in [5.41, 5.74) is 1.41. The van der Waals surface area contributed by atoms with Crippen molar-refractivity contribution in [3.63, 3.8) is 0 Å². The maximum atomic E-state index is 9.24. The Morgan fingerprint density at radius 3 is 2.71 bits per heavy atom. The first-order valence-corrected chi connectivity index (χ1v) is 5.88. The van der Waals surface area contributed by atoms with Gasteiger partial charge in [0.15, 0.2) is 0 Å². The van der Waals surface area contributed by atoms with Crippen LogP contribution in [0.2, 0.25) is 0 Å². The third-order valence-electron chi connectivity index (χ3n) is 2.72. The lowest BCUT2D eigenvalue weighted by molar-refractivity contribution is 0.225. The first-order chi connectivity index (χ1) is 6.83. The lowest BCUT2D eigenvalue weighted by atomic mass is 9.99. The molecule has 1 unspecified atom stereocenters. The fraction of sp³-hybridized carbons (Fsp3) is 0.692. The van der Waals surface area contributed by atoms with E-state index in [0.29, 0.717) is 0 Å². The number of aliphatic hydroxyl groups is 1. The van der Waals surface area contributed by atoms with E-state index in [-0.39, 0.29) is 6.10 Å². The molecule has 14 heavy (non-hydrogen) atoms. The van der Waals surface area contributed by atoms with Gasteiger partial charge in [-0.2, -0.15) is 0 Å². The quantitative estimate of drug-likeness (QED) is 0.641. The molecule has 0 radical (unpaired) electrons. The van der Waals surface area contributed by atoms with E-state index < -0.39 is 0 Å². The van der Waals surface area contributed by atoms with Crippen LogP contribution in [0.4, 0.5) is 0 Å². The number of hydrogen-bond donors (Lipinski definition) is 1. The van der Waals surface area contributed by atoms with Gasteiger partial charge in [-0.05, 0) is 19.3 Å². The number of hydrogen-bond acceptors (Lipinski definition) is 1. The summed E-state index contributed by atoms with van der Waals surface area (Å²) in [5, 5.41) is 9.24. The second-order valence-corrected chi connectivity index (χ2v) is 4.11. The minimum atomic E-state index is -0.237. The maximum Gasteiger partial charge on any atom is 0.0758 e. The lowest BCUT2D eigenvalue weighted by Gasteiger charge is -2.10. The molecule has 1 N–H and O–H groups in total. The molecule has 0 spiro atoms. The van der Waals surface area contributed by atoms with E-state index in [2.05, 4.69) is 19.1 Å². The van der Waals surface area contributed by atoms with Gasteiger partial charge in [-0.15, -0.1) is 0 Å². The zero-order valence-electron chi connectivity index (χ0n) is 9.21. The largest absolute Gasteiger partial charge is 0.389 e. The minimum absolute atomic E-state index is 0.237. The summed E-state index contributed by atoms with van der Waals surface area (Å²) in [6, 6.07) is 0. The summed E-state index contributed by atoms with van der Waals surface area (Å²) in [4.78, 5) is 0. The topological polar surface area (TPSA) is 20.2 Å². The Kier molecular flexibility index (Phi) is 5.62. The Hall–Kier alpha value is -0.560. The number of unbranched alkanes of at least 4 members (excludes halogenated alkanes) is 4. The molecule has 1 aliphatic carbocycles. The van der Waals surface area contributed by atoms with Crippen LogP contribution in [0.25, 0.3) is 0 Å². The zero-order valence-corrected chi connectivity index (χ0v) is 9.21. The lowest BCUT2D eigenvalue weighted by Crippen LogP contribution is -2.03. The summed E-state index contributed by atoms with van der Waals surface area (Å²) in [7, 11) is 0. The van der Waals surface area contributed by atoms with Crippen molar-refractivity contribution < 1.29 is 5.11 Å². The second kappa shape index (κ2) is 6.83. The van der Waals surface area contributed by atoms with Gasteiger partial charge in [0, 0.05) is 0 Å². The Morgan fingerprint density at radius 1 is 1.29 bits per heavy atom. The van der Waals surface area contributed by atoms with Crippen LogP contribution in [-0.2, 0) is 0 Å². The molecule has 0 amide bonds. The monoisotopic (exact) mass is 194 g/mol. The van der Waals surface area contributed by atoms with Crippen LogP contribution in [-0.4, -0.2) is 11.2 Å². The molecule has 0 saturated heterocycles. The van der Waals surface area contributed by atoms with E-state index in [1.54, 1.807) is 0 Å². The number of aliphatic hydroxyl groups excluding tert-OH is 1. The summed E-state index contributed by atoms with van der Waals surface area (Å²) >= 11 is 0. The molecule has 1 atom stereocenters. The fourth-order valence-electron chi connectivity index (χ4n) is 1.77. The summed E-state index contributed by atoms with van der Waals surface area (Å²) in [6.45, 7) is 2.24. The first kappa shape index (κ1) is 11.5. The second-order valence-electron chi connectivity index (χ2n) is 4.11. The standard InChI is InChI=1S/C13H22O/c1-2-3-4-5-6-7-12-8-10-13(14)11-9-12/h8-10,13-14H,2-7,11H2,1H3. The van der Waals surface area contributed by atoms with Gasteiger partial charge in [0.2, 0.25) is 0 Å². The van der Waals surface area contributed by atoms with Crippen LogP contribution in [0.15, 0.2) is 23.8 Å². The third kappa shape index (κ3) is 4.61. The van der Waals surface area contributed by atoms with E-state index in [1.807, 2.05) is 6.08 Å². The summed E-state index contributed by atoms with van der Waals surface area (Å²) in [5.74, 6) is 0. The van der Waals surface area contributed by atoms with Crippen molar-refractivity contribution in [2.45, 2.75) is 58.0 Å². The van der Waals surface area contributed by atoms with Crippen LogP contribution in [0.1, 0.15) is 51.9 Å². The highest BCUT2D eigenvalue weighted by atomic mass is 16.3. The molecule has 0 aromatic heterocycles.